The van der Waals surface area contributed by atoms with Gasteiger partial charge in [-0.15, -0.1) is 0 Å². The smallest absolute Gasteiger partial charge is 0.320 e. The maximum absolute atomic E-state index is 12.6. The Balaban J connectivity index is 2.68. The molecule has 2 unspecified atom stereocenters. The monoisotopic (exact) mass is 286 g/mol. The van der Waals surface area contributed by atoms with Crippen molar-refractivity contribution in [3.63, 3.8) is 0 Å². The number of carbonyl (C=O) groups is 2. The van der Waals surface area contributed by atoms with E-state index in [0.717, 1.165) is 0 Å². The molecule has 20 heavy (non-hydrogen) atoms. The number of aliphatic hydroxyl groups is 1. The standard InChI is InChI=1S/C14H26N2O4/c1-10(2)15(6-4-8-17)14(20)16-7-5-12(13(18)19)9-11(16)3/h10-12,17H,4-9H2,1-3H3,(H,18,19). The molecule has 0 radical (unpaired) electrons. The van der Waals surface area contributed by atoms with Crippen LogP contribution in [0, 0.1) is 5.92 Å². The number of hydrogen-bond donors (Lipinski definition) is 2. The van der Waals surface area contributed by atoms with E-state index < -0.39 is 5.97 Å². The van der Waals surface area contributed by atoms with Crippen molar-refractivity contribution in [3.05, 3.63) is 0 Å². The first-order valence-corrected chi connectivity index (χ1v) is 7.29. The SMILES string of the molecule is CC(C)N(CCCO)C(=O)N1CCC(C(=O)O)CC1C. The third-order valence-electron chi connectivity index (χ3n) is 3.90. The number of amides is 2. The average molecular weight is 286 g/mol. The van der Waals surface area contributed by atoms with Gasteiger partial charge in [-0.1, -0.05) is 0 Å². The van der Waals surface area contributed by atoms with E-state index in [9.17, 15) is 9.59 Å². The number of hydrogen-bond acceptors (Lipinski definition) is 3. The van der Waals surface area contributed by atoms with E-state index in [4.69, 9.17) is 10.2 Å². The number of aliphatic carboxylic acids is 1. The lowest BCUT2D eigenvalue weighted by Gasteiger charge is -2.40. The van der Waals surface area contributed by atoms with Crippen LogP contribution in [0.4, 0.5) is 4.79 Å². The number of nitrogens with zero attached hydrogens (tertiary/aromatic N) is 2. The molecular formula is C14H26N2O4. The molecular weight excluding hydrogens is 260 g/mol. The highest BCUT2D eigenvalue weighted by Crippen LogP contribution is 2.24. The summed E-state index contributed by atoms with van der Waals surface area (Å²) in [5, 5.41) is 18.0. The predicted molar refractivity (Wildman–Crippen MR) is 75.5 cm³/mol. The Kier molecular flexibility index (Phi) is 6.26. The molecule has 0 spiro atoms. The van der Waals surface area contributed by atoms with Crippen molar-refractivity contribution in [2.45, 2.75) is 52.1 Å². The fraction of sp³-hybridized carbons (Fsp3) is 0.857. The molecule has 0 saturated carbocycles. The summed E-state index contributed by atoms with van der Waals surface area (Å²) in [6.07, 6.45) is 1.58. The molecule has 6 heteroatoms. The molecule has 2 atom stereocenters. The molecule has 1 saturated heterocycles. The fourth-order valence-electron chi connectivity index (χ4n) is 2.66. The van der Waals surface area contributed by atoms with Crippen LogP contribution in [0.5, 0.6) is 0 Å². The first-order chi connectivity index (χ1) is 9.38. The third kappa shape index (κ3) is 4.10. The van der Waals surface area contributed by atoms with Gasteiger partial charge in [-0.3, -0.25) is 4.79 Å². The number of piperidine rings is 1. The Morgan fingerprint density at radius 3 is 2.50 bits per heavy atom. The van der Waals surface area contributed by atoms with Gasteiger partial charge in [-0.2, -0.15) is 0 Å². The minimum Gasteiger partial charge on any atom is -0.481 e. The summed E-state index contributed by atoms with van der Waals surface area (Å²) in [4.78, 5) is 27.1. The van der Waals surface area contributed by atoms with E-state index in [1.165, 1.54) is 0 Å². The van der Waals surface area contributed by atoms with Crippen LogP contribution in [0.2, 0.25) is 0 Å². The van der Waals surface area contributed by atoms with Crippen molar-refractivity contribution in [3.8, 4) is 0 Å². The van der Waals surface area contributed by atoms with Crippen molar-refractivity contribution >= 4 is 12.0 Å². The Morgan fingerprint density at radius 1 is 1.40 bits per heavy atom. The molecule has 6 nitrogen and oxygen atoms in total. The number of rotatable bonds is 5. The molecule has 1 aliphatic rings. The zero-order valence-corrected chi connectivity index (χ0v) is 12.6. The van der Waals surface area contributed by atoms with Crippen LogP contribution in [0.3, 0.4) is 0 Å². The van der Waals surface area contributed by atoms with Gasteiger partial charge < -0.3 is 20.0 Å². The summed E-state index contributed by atoms with van der Waals surface area (Å²) >= 11 is 0. The van der Waals surface area contributed by atoms with Crippen LogP contribution in [-0.4, -0.2) is 63.8 Å². The van der Waals surface area contributed by atoms with Crippen LogP contribution in [-0.2, 0) is 4.79 Å². The molecule has 2 amide bonds. The summed E-state index contributed by atoms with van der Waals surface area (Å²) < 4.78 is 0. The van der Waals surface area contributed by atoms with E-state index in [1.807, 2.05) is 20.8 Å². The quantitative estimate of drug-likeness (QED) is 0.800. The molecule has 1 rings (SSSR count). The summed E-state index contributed by atoms with van der Waals surface area (Å²) in [6.45, 7) is 6.87. The van der Waals surface area contributed by atoms with Gasteiger partial charge in [0.25, 0.3) is 0 Å². The van der Waals surface area contributed by atoms with Gasteiger partial charge in [0.15, 0.2) is 0 Å². The van der Waals surface area contributed by atoms with Crippen LogP contribution < -0.4 is 0 Å². The van der Waals surface area contributed by atoms with E-state index in [0.29, 0.717) is 32.4 Å². The van der Waals surface area contributed by atoms with Gasteiger partial charge in [0.05, 0.1) is 5.92 Å². The number of urea groups is 1. The zero-order valence-electron chi connectivity index (χ0n) is 12.6. The van der Waals surface area contributed by atoms with Gasteiger partial charge in [0, 0.05) is 31.8 Å². The minimum absolute atomic E-state index is 0.0511. The second-order valence-electron chi connectivity index (χ2n) is 5.75. The van der Waals surface area contributed by atoms with Gasteiger partial charge in [-0.05, 0) is 40.0 Å². The molecule has 0 aromatic rings. The summed E-state index contributed by atoms with van der Waals surface area (Å²) in [7, 11) is 0. The molecule has 0 bridgehead atoms. The molecule has 0 aromatic heterocycles. The second kappa shape index (κ2) is 7.47. The molecule has 1 fully saturated rings. The normalized spacial score (nSPS) is 22.9. The molecule has 1 heterocycles. The number of aliphatic hydroxyl groups excluding tert-OH is 1. The van der Waals surface area contributed by atoms with Gasteiger partial charge in [0.1, 0.15) is 0 Å². The lowest BCUT2D eigenvalue weighted by atomic mass is 9.92. The first kappa shape index (κ1) is 16.8. The molecule has 2 N–H and O–H groups in total. The lowest BCUT2D eigenvalue weighted by Crippen LogP contribution is -2.53. The summed E-state index contributed by atoms with van der Waals surface area (Å²) in [5.74, 6) is -1.12. The highest BCUT2D eigenvalue weighted by atomic mass is 16.4. The fourth-order valence-corrected chi connectivity index (χ4v) is 2.66. The van der Waals surface area contributed by atoms with Crippen molar-refractivity contribution in [2.24, 2.45) is 5.92 Å². The van der Waals surface area contributed by atoms with Gasteiger partial charge in [0.2, 0.25) is 0 Å². The Morgan fingerprint density at radius 2 is 2.05 bits per heavy atom. The van der Waals surface area contributed by atoms with E-state index in [2.05, 4.69) is 0 Å². The summed E-state index contributed by atoms with van der Waals surface area (Å²) in [6, 6.07) is -0.0454. The number of likely N-dealkylation sites (tertiary alicyclic amines) is 1. The number of carboxylic acids is 1. The highest BCUT2D eigenvalue weighted by Gasteiger charge is 2.34. The minimum atomic E-state index is -0.773. The highest BCUT2D eigenvalue weighted by molar-refractivity contribution is 5.76. The number of carbonyl (C=O) groups excluding carboxylic acids is 1. The second-order valence-corrected chi connectivity index (χ2v) is 5.75. The van der Waals surface area contributed by atoms with E-state index in [-0.39, 0.29) is 30.6 Å². The summed E-state index contributed by atoms with van der Waals surface area (Å²) in [5.41, 5.74) is 0. The van der Waals surface area contributed by atoms with Crippen molar-refractivity contribution in [1.82, 2.24) is 9.80 Å². The third-order valence-corrected chi connectivity index (χ3v) is 3.90. The topological polar surface area (TPSA) is 81.1 Å². The van der Waals surface area contributed by atoms with Crippen molar-refractivity contribution < 1.29 is 19.8 Å². The average Bonchev–Trinajstić information content (AvgIpc) is 2.38. The van der Waals surface area contributed by atoms with Crippen LogP contribution in [0.15, 0.2) is 0 Å². The van der Waals surface area contributed by atoms with Crippen LogP contribution >= 0.6 is 0 Å². The molecule has 116 valence electrons. The van der Waals surface area contributed by atoms with Crippen LogP contribution in [0.1, 0.15) is 40.0 Å². The zero-order chi connectivity index (χ0) is 15.3. The predicted octanol–water partition coefficient (Wildman–Crippen LogP) is 1.38. The maximum Gasteiger partial charge on any atom is 0.320 e. The van der Waals surface area contributed by atoms with E-state index >= 15 is 0 Å². The van der Waals surface area contributed by atoms with Gasteiger partial charge >= 0.3 is 12.0 Å². The molecule has 1 aliphatic heterocycles. The lowest BCUT2D eigenvalue weighted by molar-refractivity contribution is -0.143. The molecule has 0 aromatic carbocycles. The Labute approximate surface area is 120 Å². The van der Waals surface area contributed by atoms with Gasteiger partial charge in [-0.25, -0.2) is 4.79 Å². The Bertz CT molecular complexity index is 346. The Hall–Kier alpha value is -1.30. The first-order valence-electron chi connectivity index (χ1n) is 7.29. The number of carboxylic acid groups (broad SMARTS) is 1. The maximum atomic E-state index is 12.6. The van der Waals surface area contributed by atoms with Crippen LogP contribution in [0.25, 0.3) is 0 Å². The molecule has 0 aliphatic carbocycles. The van der Waals surface area contributed by atoms with Crippen molar-refractivity contribution in [1.29, 1.82) is 0 Å². The van der Waals surface area contributed by atoms with E-state index in [1.54, 1.807) is 9.80 Å². The van der Waals surface area contributed by atoms with Crippen molar-refractivity contribution in [2.75, 3.05) is 19.7 Å². The largest absolute Gasteiger partial charge is 0.481 e.